The lowest BCUT2D eigenvalue weighted by Gasteiger charge is -2.07. The van der Waals surface area contributed by atoms with Gasteiger partial charge in [0, 0.05) is 0 Å². The fourth-order valence-corrected chi connectivity index (χ4v) is 2.59. The van der Waals surface area contributed by atoms with E-state index >= 15 is 0 Å². The maximum atomic E-state index is 10.8. The van der Waals surface area contributed by atoms with Crippen molar-refractivity contribution in [2.75, 3.05) is 0 Å². The third-order valence-corrected chi connectivity index (χ3v) is 3.56. The standard InChI is InChI=1S/C13H14O3S/c1-9-3-4-10(2)13-7-11(5-6-12(9)13)8-17(14,15)16/h3-7H,8H2,1-2H3,(H,14,15,16). The molecular formula is C13H14O3S. The molecule has 0 fully saturated rings. The SMILES string of the molecule is Cc1ccc(C)c2cc(CS(=O)(=O)O)ccc12. The molecule has 0 amide bonds. The minimum atomic E-state index is -3.97. The molecule has 1 N–H and O–H groups in total. The van der Waals surface area contributed by atoms with E-state index in [4.69, 9.17) is 4.55 Å². The zero-order valence-electron chi connectivity index (χ0n) is 9.77. The Kier molecular flexibility index (Phi) is 2.93. The normalized spacial score (nSPS) is 11.9. The number of rotatable bonds is 2. The summed E-state index contributed by atoms with van der Waals surface area (Å²) in [5.74, 6) is -0.337. The summed E-state index contributed by atoms with van der Waals surface area (Å²) in [6.07, 6.45) is 0. The summed E-state index contributed by atoms with van der Waals surface area (Å²) in [6.45, 7) is 4.00. The van der Waals surface area contributed by atoms with Gasteiger partial charge in [-0.3, -0.25) is 4.55 Å². The second-order valence-corrected chi connectivity index (χ2v) is 5.76. The average Bonchev–Trinajstić information content (AvgIpc) is 2.21. The van der Waals surface area contributed by atoms with E-state index in [1.807, 2.05) is 38.1 Å². The van der Waals surface area contributed by atoms with Crippen LogP contribution in [0.1, 0.15) is 16.7 Å². The van der Waals surface area contributed by atoms with Gasteiger partial charge in [-0.1, -0.05) is 24.3 Å². The molecule has 0 aliphatic carbocycles. The first kappa shape index (κ1) is 12.1. The van der Waals surface area contributed by atoms with E-state index in [-0.39, 0.29) is 5.75 Å². The van der Waals surface area contributed by atoms with E-state index in [9.17, 15) is 8.42 Å². The van der Waals surface area contributed by atoms with Gasteiger partial charge >= 0.3 is 0 Å². The summed E-state index contributed by atoms with van der Waals surface area (Å²) in [6, 6.07) is 9.52. The number of hydrogen-bond donors (Lipinski definition) is 1. The van der Waals surface area contributed by atoms with Crippen LogP contribution < -0.4 is 0 Å². The van der Waals surface area contributed by atoms with Gasteiger partial charge in [0.05, 0.1) is 0 Å². The third kappa shape index (κ3) is 2.65. The minimum absolute atomic E-state index is 0.337. The topological polar surface area (TPSA) is 54.4 Å². The summed E-state index contributed by atoms with van der Waals surface area (Å²) >= 11 is 0. The molecule has 0 atom stereocenters. The minimum Gasteiger partial charge on any atom is -0.285 e. The summed E-state index contributed by atoms with van der Waals surface area (Å²) in [7, 11) is -3.97. The van der Waals surface area contributed by atoms with Gasteiger partial charge in [0.2, 0.25) is 0 Å². The van der Waals surface area contributed by atoms with Crippen LogP contribution in [-0.4, -0.2) is 13.0 Å². The molecule has 2 aromatic rings. The van der Waals surface area contributed by atoms with Gasteiger partial charge in [0.15, 0.2) is 0 Å². The van der Waals surface area contributed by atoms with Crippen molar-refractivity contribution < 1.29 is 13.0 Å². The Bertz CT molecular complexity index is 672. The Hall–Kier alpha value is -1.39. The molecule has 0 radical (unpaired) electrons. The molecule has 2 rings (SSSR count). The maximum Gasteiger partial charge on any atom is 0.269 e. The maximum absolute atomic E-state index is 10.8. The molecule has 0 aliphatic rings. The van der Waals surface area contributed by atoms with E-state index in [2.05, 4.69) is 0 Å². The smallest absolute Gasteiger partial charge is 0.269 e. The van der Waals surface area contributed by atoms with Crippen LogP contribution in [0.2, 0.25) is 0 Å². The zero-order valence-corrected chi connectivity index (χ0v) is 10.6. The van der Waals surface area contributed by atoms with Gasteiger partial charge in [0.25, 0.3) is 10.1 Å². The van der Waals surface area contributed by atoms with Crippen LogP contribution in [-0.2, 0) is 15.9 Å². The molecule has 2 aromatic carbocycles. The van der Waals surface area contributed by atoms with Gasteiger partial charge in [-0.05, 0) is 47.4 Å². The van der Waals surface area contributed by atoms with E-state index in [0.717, 1.165) is 21.9 Å². The second kappa shape index (κ2) is 4.13. The van der Waals surface area contributed by atoms with Crippen LogP contribution in [0, 0.1) is 13.8 Å². The highest BCUT2D eigenvalue weighted by Crippen LogP contribution is 2.24. The molecule has 0 saturated heterocycles. The first-order valence-corrected chi connectivity index (χ1v) is 6.92. The molecule has 0 unspecified atom stereocenters. The van der Waals surface area contributed by atoms with Crippen molar-refractivity contribution >= 4 is 20.9 Å². The van der Waals surface area contributed by atoms with Crippen molar-refractivity contribution in [2.45, 2.75) is 19.6 Å². The molecular weight excluding hydrogens is 236 g/mol. The summed E-state index contributed by atoms with van der Waals surface area (Å²) in [5, 5.41) is 2.15. The van der Waals surface area contributed by atoms with Gasteiger partial charge < -0.3 is 0 Å². The summed E-state index contributed by atoms with van der Waals surface area (Å²) < 4.78 is 30.5. The highest BCUT2D eigenvalue weighted by Gasteiger charge is 2.08. The van der Waals surface area contributed by atoms with Crippen LogP contribution in [0.25, 0.3) is 10.8 Å². The Morgan fingerprint density at radius 3 is 2.18 bits per heavy atom. The molecule has 0 spiro atoms. The van der Waals surface area contributed by atoms with E-state index in [1.54, 1.807) is 6.07 Å². The number of hydrogen-bond acceptors (Lipinski definition) is 2. The molecule has 4 heteroatoms. The fourth-order valence-electron chi connectivity index (χ4n) is 1.99. The molecule has 0 aromatic heterocycles. The molecule has 0 heterocycles. The fraction of sp³-hybridized carbons (Fsp3) is 0.231. The quantitative estimate of drug-likeness (QED) is 0.834. The first-order chi connectivity index (χ1) is 7.87. The van der Waals surface area contributed by atoms with Crippen LogP contribution >= 0.6 is 0 Å². The Labute approximate surface area is 101 Å². The molecule has 3 nitrogen and oxygen atoms in total. The largest absolute Gasteiger partial charge is 0.285 e. The van der Waals surface area contributed by atoms with Gasteiger partial charge in [-0.2, -0.15) is 8.42 Å². The average molecular weight is 250 g/mol. The molecule has 0 saturated carbocycles. The lowest BCUT2D eigenvalue weighted by atomic mass is 9.99. The lowest BCUT2D eigenvalue weighted by Crippen LogP contribution is -2.01. The van der Waals surface area contributed by atoms with Crippen molar-refractivity contribution in [3.05, 3.63) is 47.0 Å². The summed E-state index contributed by atoms with van der Waals surface area (Å²) in [4.78, 5) is 0. The van der Waals surface area contributed by atoms with Crippen molar-refractivity contribution in [1.82, 2.24) is 0 Å². The van der Waals surface area contributed by atoms with Gasteiger partial charge in [-0.25, -0.2) is 0 Å². The molecule has 17 heavy (non-hydrogen) atoms. The van der Waals surface area contributed by atoms with Crippen molar-refractivity contribution in [2.24, 2.45) is 0 Å². The predicted molar refractivity (Wildman–Crippen MR) is 68.7 cm³/mol. The highest BCUT2D eigenvalue weighted by atomic mass is 32.2. The summed E-state index contributed by atoms with van der Waals surface area (Å²) in [5.41, 5.74) is 2.86. The van der Waals surface area contributed by atoms with Crippen molar-refractivity contribution in [3.63, 3.8) is 0 Å². The third-order valence-electron chi connectivity index (χ3n) is 2.87. The van der Waals surface area contributed by atoms with Gasteiger partial charge in [-0.15, -0.1) is 0 Å². The Morgan fingerprint density at radius 1 is 1.00 bits per heavy atom. The molecule has 0 bridgehead atoms. The first-order valence-electron chi connectivity index (χ1n) is 5.31. The van der Waals surface area contributed by atoms with E-state index in [0.29, 0.717) is 5.56 Å². The monoisotopic (exact) mass is 250 g/mol. The van der Waals surface area contributed by atoms with Crippen LogP contribution in [0.3, 0.4) is 0 Å². The highest BCUT2D eigenvalue weighted by molar-refractivity contribution is 7.85. The number of fused-ring (bicyclic) bond motifs is 1. The van der Waals surface area contributed by atoms with Crippen molar-refractivity contribution in [3.8, 4) is 0 Å². The van der Waals surface area contributed by atoms with E-state index in [1.165, 1.54) is 0 Å². The zero-order chi connectivity index (χ0) is 12.6. The van der Waals surface area contributed by atoms with Crippen molar-refractivity contribution in [1.29, 1.82) is 0 Å². The van der Waals surface area contributed by atoms with Crippen LogP contribution in [0.5, 0.6) is 0 Å². The predicted octanol–water partition coefficient (Wildman–Crippen LogP) is 2.84. The van der Waals surface area contributed by atoms with Crippen LogP contribution in [0.4, 0.5) is 0 Å². The Morgan fingerprint density at radius 2 is 1.59 bits per heavy atom. The molecule has 90 valence electrons. The van der Waals surface area contributed by atoms with Gasteiger partial charge in [0.1, 0.15) is 5.75 Å². The van der Waals surface area contributed by atoms with Crippen LogP contribution in [0.15, 0.2) is 30.3 Å². The lowest BCUT2D eigenvalue weighted by molar-refractivity contribution is 0.482. The van der Waals surface area contributed by atoms with E-state index < -0.39 is 10.1 Å². The second-order valence-electron chi connectivity index (χ2n) is 4.31. The Balaban J connectivity index is 2.62. The number of aryl methyl sites for hydroxylation is 2. The number of benzene rings is 2. The molecule has 0 aliphatic heterocycles.